The van der Waals surface area contributed by atoms with Crippen molar-refractivity contribution in [1.82, 2.24) is 5.06 Å². The standard InChI is InChI=1S/C9H14BF3NO3.K/c1-9(2,3)17-8(15)14-6-7(4-5-16-14)10(11,12)13;/h4H,5-6H2,1-3H3;/q-1;+1. The molecule has 0 aromatic heterocycles. The summed E-state index contributed by atoms with van der Waals surface area (Å²) >= 11 is 0. The fourth-order valence-electron chi connectivity index (χ4n) is 1.18. The average molecular weight is 291 g/mol. The first-order valence-electron chi connectivity index (χ1n) is 5.12. The Hall–Kier alpha value is 0.461. The molecule has 4 nitrogen and oxygen atoms in total. The van der Waals surface area contributed by atoms with Gasteiger partial charge >= 0.3 is 64.5 Å². The first-order valence-corrected chi connectivity index (χ1v) is 5.12. The molecular formula is C9H14BF3KNO3. The minimum Gasteiger partial charge on any atom is -0.445 e. The number of ether oxygens (including phenoxy) is 1. The van der Waals surface area contributed by atoms with E-state index in [1.54, 1.807) is 20.8 Å². The molecule has 0 radical (unpaired) electrons. The van der Waals surface area contributed by atoms with Gasteiger partial charge in [-0.2, -0.15) is 5.06 Å². The van der Waals surface area contributed by atoms with Crippen LogP contribution >= 0.6 is 0 Å². The minimum absolute atomic E-state index is 0. The summed E-state index contributed by atoms with van der Waals surface area (Å²) < 4.78 is 42.3. The SMILES string of the molecule is CC(C)(C)OC(=O)N1CC([B-](F)(F)F)=CCO1.[K+]. The third kappa shape index (κ3) is 6.07. The molecule has 0 saturated carbocycles. The monoisotopic (exact) mass is 291 g/mol. The average Bonchev–Trinajstić information content (AvgIpc) is 2.14. The van der Waals surface area contributed by atoms with Crippen molar-refractivity contribution < 1.29 is 78.7 Å². The van der Waals surface area contributed by atoms with Gasteiger partial charge in [0, 0.05) is 6.54 Å². The minimum atomic E-state index is -5.09. The van der Waals surface area contributed by atoms with E-state index >= 15 is 0 Å². The summed E-state index contributed by atoms with van der Waals surface area (Å²) in [5.74, 6) is 0. The predicted molar refractivity (Wildman–Crippen MR) is 56.1 cm³/mol. The van der Waals surface area contributed by atoms with E-state index in [0.29, 0.717) is 5.06 Å². The number of carbonyl (C=O) groups is 1. The number of amides is 1. The van der Waals surface area contributed by atoms with Gasteiger partial charge in [0.15, 0.2) is 0 Å². The zero-order valence-electron chi connectivity index (χ0n) is 10.9. The van der Waals surface area contributed by atoms with E-state index in [4.69, 9.17) is 9.57 Å². The molecule has 9 heteroatoms. The van der Waals surface area contributed by atoms with Crippen LogP contribution in [0, 0.1) is 0 Å². The summed E-state index contributed by atoms with van der Waals surface area (Å²) in [5, 5.41) is 0.593. The van der Waals surface area contributed by atoms with Gasteiger partial charge < -0.3 is 17.7 Å². The number of hydrogen-bond acceptors (Lipinski definition) is 3. The van der Waals surface area contributed by atoms with Crippen LogP contribution in [0.4, 0.5) is 17.7 Å². The van der Waals surface area contributed by atoms with Gasteiger partial charge in [-0.15, -0.1) is 5.47 Å². The molecule has 0 unspecified atom stereocenters. The summed E-state index contributed by atoms with van der Waals surface area (Å²) in [5.41, 5.74) is -1.52. The number of halogens is 3. The molecule has 0 bridgehead atoms. The Labute approximate surface area is 146 Å². The van der Waals surface area contributed by atoms with Crippen LogP contribution in [0.15, 0.2) is 11.5 Å². The zero-order chi connectivity index (χ0) is 13.3. The van der Waals surface area contributed by atoms with Crippen molar-refractivity contribution in [2.24, 2.45) is 0 Å². The van der Waals surface area contributed by atoms with Crippen molar-refractivity contribution in [3.05, 3.63) is 11.5 Å². The third-order valence-electron chi connectivity index (χ3n) is 1.92. The molecule has 1 amide bonds. The van der Waals surface area contributed by atoms with E-state index in [1.807, 2.05) is 0 Å². The van der Waals surface area contributed by atoms with Crippen LogP contribution in [0.1, 0.15) is 20.8 Å². The summed E-state index contributed by atoms with van der Waals surface area (Å²) in [7, 11) is 0. The van der Waals surface area contributed by atoms with Crippen LogP contribution in [0.5, 0.6) is 0 Å². The number of hydroxylamine groups is 2. The van der Waals surface area contributed by atoms with E-state index in [-0.39, 0.29) is 58.0 Å². The molecule has 1 heterocycles. The molecule has 1 aliphatic heterocycles. The van der Waals surface area contributed by atoms with Gasteiger partial charge in [0.05, 0.1) is 6.61 Å². The molecule has 1 aliphatic rings. The van der Waals surface area contributed by atoms with E-state index in [0.717, 1.165) is 6.08 Å². The Morgan fingerprint density at radius 3 is 2.44 bits per heavy atom. The van der Waals surface area contributed by atoms with E-state index in [9.17, 15) is 17.7 Å². The molecule has 0 atom stereocenters. The number of rotatable bonds is 1. The van der Waals surface area contributed by atoms with E-state index < -0.39 is 30.7 Å². The quantitative estimate of drug-likeness (QED) is 0.611. The molecular weight excluding hydrogens is 277 g/mol. The maximum atomic E-state index is 12.5. The molecule has 1 rings (SSSR count). The Kier molecular flexibility index (Phi) is 6.93. The van der Waals surface area contributed by atoms with Gasteiger partial charge in [-0.05, 0) is 20.8 Å². The van der Waals surface area contributed by atoms with Crippen LogP contribution in [0.2, 0.25) is 0 Å². The van der Waals surface area contributed by atoms with Crippen LogP contribution in [0.3, 0.4) is 0 Å². The van der Waals surface area contributed by atoms with Crippen molar-refractivity contribution in [2.45, 2.75) is 26.4 Å². The molecule has 0 fully saturated rings. The second-order valence-electron chi connectivity index (χ2n) is 4.67. The zero-order valence-corrected chi connectivity index (χ0v) is 14.0. The molecule has 0 N–H and O–H groups in total. The Morgan fingerprint density at radius 2 is 2.00 bits per heavy atom. The van der Waals surface area contributed by atoms with E-state index in [2.05, 4.69) is 0 Å². The van der Waals surface area contributed by atoms with E-state index in [1.165, 1.54) is 0 Å². The van der Waals surface area contributed by atoms with Gasteiger partial charge in [0.1, 0.15) is 5.60 Å². The topological polar surface area (TPSA) is 38.8 Å². The summed E-state index contributed by atoms with van der Waals surface area (Å²) in [6, 6.07) is 0. The first kappa shape index (κ1) is 18.5. The first-order chi connectivity index (χ1) is 7.59. The third-order valence-corrected chi connectivity index (χ3v) is 1.92. The van der Waals surface area contributed by atoms with Gasteiger partial charge in [-0.1, -0.05) is 6.08 Å². The maximum Gasteiger partial charge on any atom is 1.00 e. The second-order valence-corrected chi connectivity index (χ2v) is 4.67. The maximum absolute atomic E-state index is 12.5. The van der Waals surface area contributed by atoms with Crippen LogP contribution < -0.4 is 51.4 Å². The van der Waals surface area contributed by atoms with Crippen molar-refractivity contribution in [2.75, 3.05) is 13.2 Å². The van der Waals surface area contributed by atoms with Gasteiger partial charge in [-0.25, -0.2) is 4.79 Å². The van der Waals surface area contributed by atoms with Crippen molar-refractivity contribution in [3.63, 3.8) is 0 Å². The second kappa shape index (κ2) is 6.76. The molecule has 0 aliphatic carbocycles. The fourth-order valence-corrected chi connectivity index (χ4v) is 1.18. The van der Waals surface area contributed by atoms with Crippen LogP contribution in [-0.4, -0.2) is 36.9 Å². The van der Waals surface area contributed by atoms with Gasteiger partial charge in [0.2, 0.25) is 0 Å². The number of carbonyl (C=O) groups excluding carboxylic acids is 1. The number of hydrogen-bond donors (Lipinski definition) is 0. The van der Waals surface area contributed by atoms with Gasteiger partial charge in [0.25, 0.3) is 0 Å². The van der Waals surface area contributed by atoms with Crippen LogP contribution in [-0.2, 0) is 9.57 Å². The molecule has 0 saturated heterocycles. The Balaban J connectivity index is 0.00000289. The Morgan fingerprint density at radius 1 is 1.44 bits per heavy atom. The van der Waals surface area contributed by atoms with Crippen molar-refractivity contribution in [1.29, 1.82) is 0 Å². The van der Waals surface area contributed by atoms with Crippen LogP contribution in [0.25, 0.3) is 0 Å². The molecule has 0 aromatic rings. The summed E-state index contributed by atoms with van der Waals surface area (Å²) in [6.07, 6.45) is 0.0177. The smallest absolute Gasteiger partial charge is 0.445 e. The predicted octanol–water partition coefficient (Wildman–Crippen LogP) is -0.514. The molecule has 98 valence electrons. The Bertz CT molecular complexity index is 341. The summed E-state index contributed by atoms with van der Waals surface area (Å²) in [4.78, 5) is 16.3. The van der Waals surface area contributed by atoms with Crippen molar-refractivity contribution >= 4 is 13.1 Å². The molecule has 18 heavy (non-hydrogen) atoms. The fraction of sp³-hybridized carbons (Fsp3) is 0.667. The van der Waals surface area contributed by atoms with Gasteiger partial charge in [-0.3, -0.25) is 4.84 Å². The molecule has 0 aromatic carbocycles. The summed E-state index contributed by atoms with van der Waals surface area (Å²) in [6.45, 7) is -1.13. The normalized spacial score (nSPS) is 16.8. The number of nitrogens with zero attached hydrogens (tertiary/aromatic N) is 1. The van der Waals surface area contributed by atoms with Crippen molar-refractivity contribution in [3.8, 4) is 0 Å². The largest absolute Gasteiger partial charge is 1.00 e. The molecule has 0 spiro atoms.